The number of esters is 2. The highest BCUT2D eigenvalue weighted by molar-refractivity contribution is 8.14. The minimum absolute atomic E-state index is 0.000433. The molecule has 0 fully saturated rings. The Bertz CT molecular complexity index is 1560. The predicted molar refractivity (Wildman–Crippen MR) is 155 cm³/mol. The van der Waals surface area contributed by atoms with Gasteiger partial charge in [0.05, 0.1) is 12.2 Å². The molecule has 0 radical (unpaired) electrons. The Kier molecular flexibility index (Phi) is 9.51. The lowest BCUT2D eigenvalue weighted by Crippen LogP contribution is -2.14. The van der Waals surface area contributed by atoms with Crippen molar-refractivity contribution in [3.8, 4) is 22.6 Å². The molecule has 0 spiro atoms. The molecule has 40 heavy (non-hydrogen) atoms. The summed E-state index contributed by atoms with van der Waals surface area (Å²) in [4.78, 5) is 36.4. The molecule has 8 heteroatoms. The van der Waals surface area contributed by atoms with Crippen LogP contribution in [0.15, 0.2) is 115 Å². The van der Waals surface area contributed by atoms with Crippen molar-refractivity contribution >= 4 is 39.6 Å². The van der Waals surface area contributed by atoms with Crippen LogP contribution in [0.4, 0.5) is 0 Å². The number of aliphatic hydroxyl groups excluding tert-OH is 1. The van der Waals surface area contributed by atoms with Crippen LogP contribution < -0.4 is 9.47 Å². The van der Waals surface area contributed by atoms with Crippen molar-refractivity contribution in [3.05, 3.63) is 115 Å². The Morgan fingerprint density at radius 2 is 1.45 bits per heavy atom. The molecule has 0 atom stereocenters. The molecule has 0 bridgehead atoms. The van der Waals surface area contributed by atoms with E-state index >= 15 is 0 Å². The first kappa shape index (κ1) is 28.4. The number of hydrogen-bond acceptors (Lipinski definition) is 8. The van der Waals surface area contributed by atoms with E-state index in [0.29, 0.717) is 17.1 Å². The van der Waals surface area contributed by atoms with Crippen molar-refractivity contribution in [1.82, 2.24) is 0 Å². The molecule has 4 aromatic rings. The molecule has 1 N–H and O–H groups in total. The third kappa shape index (κ3) is 7.47. The van der Waals surface area contributed by atoms with E-state index in [2.05, 4.69) is 19.2 Å². The van der Waals surface area contributed by atoms with Crippen molar-refractivity contribution in [2.75, 3.05) is 19.8 Å². The summed E-state index contributed by atoms with van der Waals surface area (Å²) < 4.78 is 15.6. The predicted octanol–water partition coefficient (Wildman–Crippen LogP) is 6.00. The molecule has 4 aromatic carbocycles. The van der Waals surface area contributed by atoms with Crippen LogP contribution in [0.1, 0.15) is 10.4 Å². The van der Waals surface area contributed by atoms with Crippen LogP contribution >= 0.6 is 11.8 Å². The molecule has 0 amide bonds. The van der Waals surface area contributed by atoms with Crippen molar-refractivity contribution < 1.29 is 33.7 Å². The maximum Gasteiger partial charge on any atom is 0.335 e. The van der Waals surface area contributed by atoms with Crippen molar-refractivity contribution in [3.63, 3.8) is 0 Å². The lowest BCUT2D eigenvalue weighted by Gasteiger charge is -2.09. The first-order valence-corrected chi connectivity index (χ1v) is 13.1. The molecule has 0 aliphatic carbocycles. The number of benzene rings is 4. The number of ether oxygens (including phenoxy) is 3. The van der Waals surface area contributed by atoms with Gasteiger partial charge in [-0.15, -0.1) is 0 Å². The van der Waals surface area contributed by atoms with Gasteiger partial charge in [-0.05, 0) is 88.3 Å². The second-order valence-electron chi connectivity index (χ2n) is 8.53. The summed E-state index contributed by atoms with van der Waals surface area (Å²) in [6.45, 7) is 6.56. The molecular weight excluding hydrogens is 528 g/mol. The van der Waals surface area contributed by atoms with Crippen LogP contribution in [0.5, 0.6) is 11.5 Å². The Labute approximate surface area is 235 Å². The normalized spacial score (nSPS) is 10.5. The Hall–Kier alpha value is -4.66. The average molecular weight is 555 g/mol. The Morgan fingerprint density at radius 1 is 0.800 bits per heavy atom. The van der Waals surface area contributed by atoms with Gasteiger partial charge in [-0.3, -0.25) is 4.79 Å². The van der Waals surface area contributed by atoms with E-state index < -0.39 is 18.5 Å². The summed E-state index contributed by atoms with van der Waals surface area (Å²) in [5.74, 6) is -0.214. The van der Waals surface area contributed by atoms with Gasteiger partial charge in [-0.1, -0.05) is 43.5 Å². The summed E-state index contributed by atoms with van der Waals surface area (Å²) in [6.07, 6.45) is 1.08. The largest absolute Gasteiger partial charge is 0.490 e. The zero-order valence-electron chi connectivity index (χ0n) is 21.5. The van der Waals surface area contributed by atoms with Gasteiger partial charge >= 0.3 is 11.9 Å². The monoisotopic (exact) mass is 554 g/mol. The van der Waals surface area contributed by atoms with E-state index in [1.54, 1.807) is 24.3 Å². The fourth-order valence-electron chi connectivity index (χ4n) is 3.65. The van der Waals surface area contributed by atoms with Crippen LogP contribution in [0.3, 0.4) is 0 Å². The minimum Gasteiger partial charge on any atom is -0.490 e. The number of carbonyl (C=O) groups excluding carboxylic acids is 3. The maximum absolute atomic E-state index is 12.8. The molecule has 202 valence electrons. The molecule has 0 aliphatic heterocycles. The number of hydrogen-bond donors (Lipinski definition) is 1. The summed E-state index contributed by atoms with van der Waals surface area (Å²) in [6, 6.07) is 26.0. The van der Waals surface area contributed by atoms with Gasteiger partial charge in [0.25, 0.3) is 0 Å². The molecule has 4 rings (SSSR count). The maximum atomic E-state index is 12.8. The molecule has 0 saturated carbocycles. The molecule has 0 aliphatic rings. The first-order chi connectivity index (χ1) is 19.4. The van der Waals surface area contributed by atoms with Crippen molar-refractivity contribution in [2.45, 2.75) is 4.90 Å². The second-order valence-corrected chi connectivity index (χ2v) is 9.58. The van der Waals surface area contributed by atoms with E-state index in [4.69, 9.17) is 19.3 Å². The van der Waals surface area contributed by atoms with Gasteiger partial charge in [0.1, 0.15) is 24.7 Å². The zero-order chi connectivity index (χ0) is 28.5. The van der Waals surface area contributed by atoms with Gasteiger partial charge < -0.3 is 19.3 Å². The van der Waals surface area contributed by atoms with E-state index in [1.807, 2.05) is 54.6 Å². The highest BCUT2D eigenvalue weighted by Gasteiger charge is 2.11. The molecule has 0 saturated heterocycles. The highest BCUT2D eigenvalue weighted by atomic mass is 32.2. The smallest absolute Gasteiger partial charge is 0.335 e. The van der Waals surface area contributed by atoms with Gasteiger partial charge in [0.15, 0.2) is 0 Å². The number of thioether (sulfide) groups is 1. The molecular formula is C32H26O7S. The third-order valence-corrected chi connectivity index (χ3v) is 6.66. The Balaban J connectivity index is 1.35. The van der Waals surface area contributed by atoms with Gasteiger partial charge in [0.2, 0.25) is 5.12 Å². The van der Waals surface area contributed by atoms with Crippen molar-refractivity contribution in [1.29, 1.82) is 0 Å². The number of fused-ring (bicyclic) bond motifs is 1. The molecule has 0 unspecified atom stereocenters. The summed E-state index contributed by atoms with van der Waals surface area (Å²) >= 11 is 1.13. The third-order valence-electron chi connectivity index (χ3n) is 5.75. The average Bonchev–Trinajstić information content (AvgIpc) is 2.99. The van der Waals surface area contributed by atoms with Gasteiger partial charge in [0, 0.05) is 16.5 Å². The standard InChI is InChI=1S/C32H26O7S/c1-3-30(34)39-28-13-8-23(9-14-28)32(36)40-29-15-10-25-18-24(4-5-26(25)19-29)22-6-11-27(12-7-22)37-16-17-38-31(35)21(2)20-33/h3-15,18-19,33H,1-2,16-17,20H2. The van der Waals surface area contributed by atoms with Crippen LogP contribution in [0, 0.1) is 0 Å². The number of aliphatic hydroxyl groups is 1. The first-order valence-electron chi connectivity index (χ1n) is 12.3. The van der Waals surface area contributed by atoms with Crippen LogP contribution in [0.25, 0.3) is 21.9 Å². The Morgan fingerprint density at radius 3 is 2.15 bits per heavy atom. The summed E-state index contributed by atoms with van der Waals surface area (Å²) in [5, 5.41) is 10.8. The van der Waals surface area contributed by atoms with E-state index in [0.717, 1.165) is 44.6 Å². The quantitative estimate of drug-likeness (QED) is 0.0792. The highest BCUT2D eigenvalue weighted by Crippen LogP contribution is 2.30. The van der Waals surface area contributed by atoms with Crippen LogP contribution in [-0.4, -0.2) is 42.0 Å². The second kappa shape index (κ2) is 13.4. The zero-order valence-corrected chi connectivity index (χ0v) is 22.3. The lowest BCUT2D eigenvalue weighted by atomic mass is 10.0. The fourth-order valence-corrected chi connectivity index (χ4v) is 4.44. The van der Waals surface area contributed by atoms with Gasteiger partial charge in [-0.2, -0.15) is 0 Å². The lowest BCUT2D eigenvalue weighted by molar-refractivity contribution is -0.140. The number of carbonyl (C=O) groups is 3. The summed E-state index contributed by atoms with van der Waals surface area (Å²) in [5.41, 5.74) is 2.54. The summed E-state index contributed by atoms with van der Waals surface area (Å²) in [7, 11) is 0. The van der Waals surface area contributed by atoms with Crippen molar-refractivity contribution in [2.24, 2.45) is 0 Å². The fraction of sp³-hybridized carbons (Fsp3) is 0.0938. The minimum atomic E-state index is -0.643. The molecule has 0 aromatic heterocycles. The van der Waals surface area contributed by atoms with Gasteiger partial charge in [-0.25, -0.2) is 9.59 Å². The topological polar surface area (TPSA) is 99.1 Å². The van der Waals surface area contributed by atoms with E-state index in [9.17, 15) is 14.4 Å². The number of rotatable bonds is 11. The van der Waals surface area contributed by atoms with Crippen LogP contribution in [0.2, 0.25) is 0 Å². The van der Waals surface area contributed by atoms with Crippen LogP contribution in [-0.2, 0) is 14.3 Å². The SMILES string of the molecule is C=CC(=O)Oc1ccc(C(=O)Sc2ccc3cc(-c4ccc(OCCOC(=O)C(=C)CO)cc4)ccc3c2)cc1. The van der Waals surface area contributed by atoms with E-state index in [1.165, 1.54) is 0 Å². The molecule has 0 heterocycles. The molecule has 7 nitrogen and oxygen atoms in total. The van der Waals surface area contributed by atoms with E-state index in [-0.39, 0.29) is 23.9 Å².